The Labute approximate surface area is 328 Å². The standard InChI is InChI=1S/C39H36ClFN6O5.2ClH/c1-45-17-19-46(20-18-45)16-7-21-51-36-24-30-27(23-35(36)50-2)33(14-15-42-30)52-34-13-12-25(22-29(34)41)43-39(49)37-38(48)26-8-3-5-10-31(26)47(44-37)32-11-6-4-9-28(32)40;;/h3-6,8-15,22-24H,7,16-21H2,1-2H3,(H,43,49);2*1H. The summed E-state index contributed by atoms with van der Waals surface area (Å²) in [6.45, 7) is 5.72. The molecule has 54 heavy (non-hydrogen) atoms. The van der Waals surface area contributed by atoms with Gasteiger partial charge in [-0.25, -0.2) is 9.07 Å². The molecule has 15 heteroatoms. The fourth-order valence-corrected chi connectivity index (χ4v) is 6.35. The fraction of sp³-hybridized carbons (Fsp3) is 0.231. The molecule has 1 aliphatic heterocycles. The van der Waals surface area contributed by atoms with Crippen LogP contribution in [0.15, 0.2) is 95.9 Å². The largest absolute Gasteiger partial charge is 0.493 e. The monoisotopic (exact) mass is 794 g/mol. The van der Waals surface area contributed by atoms with E-state index in [9.17, 15) is 9.59 Å². The third-order valence-corrected chi connectivity index (χ3v) is 9.28. The molecule has 1 fully saturated rings. The number of likely N-dealkylation sites (N-methyl/N-ethyl adjacent to an activating group) is 1. The van der Waals surface area contributed by atoms with E-state index in [-0.39, 0.29) is 47.3 Å². The molecule has 282 valence electrons. The van der Waals surface area contributed by atoms with Gasteiger partial charge in [0.1, 0.15) is 5.75 Å². The van der Waals surface area contributed by atoms with Crippen LogP contribution in [0.5, 0.6) is 23.0 Å². The first-order valence-electron chi connectivity index (χ1n) is 16.9. The Hall–Kier alpha value is -4.98. The number of fused-ring (bicyclic) bond motifs is 2. The molecule has 4 aromatic carbocycles. The van der Waals surface area contributed by atoms with Gasteiger partial charge >= 0.3 is 0 Å². The van der Waals surface area contributed by atoms with Gasteiger partial charge in [-0.3, -0.25) is 14.6 Å². The number of ether oxygens (including phenoxy) is 3. The number of hydrogen-bond donors (Lipinski definition) is 1. The zero-order chi connectivity index (χ0) is 36.2. The molecule has 2 aromatic heterocycles. The Morgan fingerprint density at radius 2 is 1.65 bits per heavy atom. The number of nitrogens with zero attached hydrogens (tertiary/aromatic N) is 5. The summed E-state index contributed by atoms with van der Waals surface area (Å²) in [6.07, 6.45) is 2.44. The Morgan fingerprint density at radius 1 is 0.889 bits per heavy atom. The van der Waals surface area contributed by atoms with E-state index < -0.39 is 17.2 Å². The highest BCUT2D eigenvalue weighted by Crippen LogP contribution is 2.38. The number of benzene rings is 4. The van der Waals surface area contributed by atoms with Gasteiger partial charge in [0.25, 0.3) is 5.91 Å². The summed E-state index contributed by atoms with van der Waals surface area (Å²) in [5.74, 6) is -0.230. The van der Waals surface area contributed by atoms with Gasteiger partial charge in [-0.05, 0) is 62.0 Å². The lowest BCUT2D eigenvalue weighted by Gasteiger charge is -2.32. The molecule has 0 aliphatic carbocycles. The lowest BCUT2D eigenvalue weighted by atomic mass is 10.1. The van der Waals surface area contributed by atoms with Gasteiger partial charge in [0.2, 0.25) is 5.43 Å². The minimum absolute atomic E-state index is 0. The van der Waals surface area contributed by atoms with E-state index in [0.717, 1.165) is 45.2 Å². The van der Waals surface area contributed by atoms with Crippen molar-refractivity contribution in [2.75, 3.05) is 58.8 Å². The van der Waals surface area contributed by atoms with E-state index in [2.05, 4.69) is 32.2 Å². The highest BCUT2D eigenvalue weighted by molar-refractivity contribution is 6.32. The zero-order valence-electron chi connectivity index (χ0n) is 29.5. The van der Waals surface area contributed by atoms with Gasteiger partial charge < -0.3 is 29.3 Å². The van der Waals surface area contributed by atoms with Crippen molar-refractivity contribution in [1.82, 2.24) is 24.6 Å². The van der Waals surface area contributed by atoms with Gasteiger partial charge in [0.15, 0.2) is 28.8 Å². The molecule has 1 N–H and O–H groups in total. The summed E-state index contributed by atoms with van der Waals surface area (Å²) in [5, 5.41) is 8.22. The molecule has 0 atom stereocenters. The van der Waals surface area contributed by atoms with E-state index in [1.165, 1.54) is 16.8 Å². The van der Waals surface area contributed by atoms with Crippen molar-refractivity contribution in [2.24, 2.45) is 0 Å². The van der Waals surface area contributed by atoms with Crippen molar-refractivity contribution in [1.29, 1.82) is 0 Å². The molecule has 7 rings (SSSR count). The van der Waals surface area contributed by atoms with Crippen molar-refractivity contribution in [3.8, 4) is 28.7 Å². The van der Waals surface area contributed by atoms with Gasteiger partial charge in [-0.2, -0.15) is 5.10 Å². The quantitative estimate of drug-likeness (QED) is 0.132. The molecule has 3 heterocycles. The second-order valence-electron chi connectivity index (χ2n) is 12.4. The summed E-state index contributed by atoms with van der Waals surface area (Å²) in [6, 6.07) is 22.9. The van der Waals surface area contributed by atoms with E-state index in [1.54, 1.807) is 80.0 Å². The highest BCUT2D eigenvalue weighted by Gasteiger charge is 2.21. The van der Waals surface area contributed by atoms with E-state index in [0.29, 0.717) is 51.0 Å². The number of rotatable bonds is 11. The molecule has 11 nitrogen and oxygen atoms in total. The van der Waals surface area contributed by atoms with Crippen LogP contribution in [-0.2, 0) is 0 Å². The molecule has 6 aromatic rings. The minimum Gasteiger partial charge on any atom is -0.493 e. The van der Waals surface area contributed by atoms with E-state index in [1.807, 2.05) is 0 Å². The predicted molar refractivity (Wildman–Crippen MR) is 214 cm³/mol. The van der Waals surface area contributed by atoms with Crippen molar-refractivity contribution >= 4 is 69.8 Å². The first kappa shape index (κ1) is 40.2. The van der Waals surface area contributed by atoms with Crippen molar-refractivity contribution < 1.29 is 23.4 Å². The smallest absolute Gasteiger partial charge is 0.280 e. The number of para-hydroxylation sites is 2. The minimum atomic E-state index is -0.811. The summed E-state index contributed by atoms with van der Waals surface area (Å²) in [4.78, 5) is 36.0. The average Bonchev–Trinajstić information content (AvgIpc) is 3.15. The van der Waals surface area contributed by atoms with Crippen LogP contribution in [0.3, 0.4) is 0 Å². The summed E-state index contributed by atoms with van der Waals surface area (Å²) in [7, 11) is 3.70. The maximum atomic E-state index is 15.5. The van der Waals surface area contributed by atoms with Gasteiger partial charge in [-0.15, -0.1) is 24.8 Å². The fourth-order valence-electron chi connectivity index (χ4n) is 6.13. The lowest BCUT2D eigenvalue weighted by molar-refractivity contribution is 0.102. The number of anilines is 1. The Morgan fingerprint density at radius 3 is 2.41 bits per heavy atom. The molecule has 0 spiro atoms. The van der Waals surface area contributed by atoms with Crippen LogP contribution in [0.1, 0.15) is 16.9 Å². The number of pyridine rings is 1. The second kappa shape index (κ2) is 17.9. The molecule has 0 radical (unpaired) electrons. The molecule has 1 saturated heterocycles. The van der Waals surface area contributed by atoms with Crippen LogP contribution >= 0.6 is 36.4 Å². The number of halogens is 4. The zero-order valence-corrected chi connectivity index (χ0v) is 31.8. The SMILES string of the molecule is COc1cc2c(Oc3ccc(NC(=O)c4nn(-c5ccccc5Cl)c5ccccc5c4=O)cc3F)ccnc2cc1OCCCN1CCN(C)CC1.Cl.Cl. The number of aromatic nitrogens is 3. The normalized spacial score (nSPS) is 13.2. The molecule has 0 bridgehead atoms. The lowest BCUT2D eigenvalue weighted by Crippen LogP contribution is -2.44. The van der Waals surface area contributed by atoms with Crippen molar-refractivity contribution in [3.63, 3.8) is 0 Å². The summed E-state index contributed by atoms with van der Waals surface area (Å²) in [5.41, 5.74) is 0.701. The predicted octanol–water partition coefficient (Wildman–Crippen LogP) is 7.64. The average molecular weight is 796 g/mol. The molecule has 1 amide bonds. The Bertz CT molecular complexity index is 2340. The van der Waals surface area contributed by atoms with Crippen LogP contribution in [0.2, 0.25) is 5.02 Å². The van der Waals surface area contributed by atoms with Crippen LogP contribution in [0.4, 0.5) is 10.1 Å². The third-order valence-electron chi connectivity index (χ3n) is 8.96. The van der Waals surface area contributed by atoms with Gasteiger partial charge in [-0.1, -0.05) is 35.9 Å². The highest BCUT2D eigenvalue weighted by atomic mass is 35.5. The van der Waals surface area contributed by atoms with Crippen LogP contribution in [0, 0.1) is 5.82 Å². The van der Waals surface area contributed by atoms with Crippen LogP contribution < -0.4 is 25.0 Å². The third kappa shape index (κ3) is 8.69. The number of methoxy groups -OCH3 is 1. The number of hydrogen-bond acceptors (Lipinski definition) is 9. The van der Waals surface area contributed by atoms with Crippen LogP contribution in [-0.4, -0.2) is 84.0 Å². The second-order valence-corrected chi connectivity index (χ2v) is 12.8. The first-order chi connectivity index (χ1) is 25.3. The Balaban J connectivity index is 0.00000280. The first-order valence-corrected chi connectivity index (χ1v) is 17.2. The molecule has 1 aliphatic rings. The molecular formula is C39H38Cl3FN6O5. The molecule has 0 unspecified atom stereocenters. The summed E-state index contributed by atoms with van der Waals surface area (Å²) >= 11 is 6.44. The Kier molecular flexibility index (Phi) is 13.3. The number of piperazine rings is 1. The van der Waals surface area contributed by atoms with Crippen LogP contribution in [0.25, 0.3) is 27.5 Å². The van der Waals surface area contributed by atoms with E-state index in [4.69, 9.17) is 25.8 Å². The number of amides is 1. The van der Waals surface area contributed by atoms with Gasteiger partial charge in [0, 0.05) is 62.1 Å². The number of carbonyl (C=O) groups is 1. The van der Waals surface area contributed by atoms with Gasteiger partial charge in [0.05, 0.1) is 40.8 Å². The topological polar surface area (TPSA) is 111 Å². The maximum absolute atomic E-state index is 15.5. The maximum Gasteiger partial charge on any atom is 0.280 e. The van der Waals surface area contributed by atoms with Crippen molar-refractivity contribution in [3.05, 3.63) is 118 Å². The molecular weight excluding hydrogens is 758 g/mol. The number of nitrogens with one attached hydrogen (secondary N) is 1. The summed E-state index contributed by atoms with van der Waals surface area (Å²) < 4.78 is 34.7. The molecule has 0 saturated carbocycles. The van der Waals surface area contributed by atoms with E-state index >= 15 is 4.39 Å². The van der Waals surface area contributed by atoms with Crippen molar-refractivity contribution in [2.45, 2.75) is 6.42 Å². The number of carbonyl (C=O) groups excluding carboxylic acids is 1.